The minimum absolute atomic E-state index is 0.0297. The van der Waals surface area contributed by atoms with E-state index in [0.717, 1.165) is 18.4 Å². The van der Waals surface area contributed by atoms with Crippen molar-refractivity contribution in [3.63, 3.8) is 0 Å². The summed E-state index contributed by atoms with van der Waals surface area (Å²) in [5.74, 6) is 1.52. The van der Waals surface area contributed by atoms with Gasteiger partial charge in [-0.25, -0.2) is 0 Å². The second-order valence-corrected chi connectivity index (χ2v) is 4.50. The molecule has 1 aromatic rings. The number of ether oxygens (including phenoxy) is 1. The number of nitrogens with two attached hydrogens (primary N) is 1. The first-order valence-corrected chi connectivity index (χ1v) is 5.67. The molecule has 0 aromatic heterocycles. The van der Waals surface area contributed by atoms with Crippen molar-refractivity contribution in [3.05, 3.63) is 23.8 Å². The molecular weight excluding hydrogens is 202 g/mol. The molecule has 0 unspecified atom stereocenters. The Hall–Kier alpha value is -1.22. The molecule has 1 atom stereocenters. The molecule has 0 aliphatic carbocycles. The monoisotopic (exact) mass is 223 g/mol. The minimum Gasteiger partial charge on any atom is -0.508 e. The maximum atomic E-state index is 9.35. The van der Waals surface area contributed by atoms with Crippen LogP contribution in [-0.4, -0.2) is 12.2 Å². The van der Waals surface area contributed by atoms with E-state index in [1.807, 2.05) is 6.07 Å². The third kappa shape index (κ3) is 3.42. The maximum absolute atomic E-state index is 9.35. The number of hydrogen-bond donors (Lipinski definition) is 2. The van der Waals surface area contributed by atoms with E-state index in [2.05, 4.69) is 13.8 Å². The maximum Gasteiger partial charge on any atom is 0.127 e. The van der Waals surface area contributed by atoms with Crippen LogP contribution >= 0.6 is 0 Å². The first-order valence-electron chi connectivity index (χ1n) is 5.67. The van der Waals surface area contributed by atoms with Gasteiger partial charge >= 0.3 is 0 Å². The summed E-state index contributed by atoms with van der Waals surface area (Å²) in [7, 11) is 1.59. The van der Waals surface area contributed by atoms with Gasteiger partial charge in [-0.1, -0.05) is 19.9 Å². The molecule has 0 saturated heterocycles. The highest BCUT2D eigenvalue weighted by molar-refractivity contribution is 5.41. The van der Waals surface area contributed by atoms with Gasteiger partial charge in [-0.15, -0.1) is 0 Å². The van der Waals surface area contributed by atoms with E-state index in [0.29, 0.717) is 11.7 Å². The number of phenolic OH excluding ortho intramolecular Hbond substituents is 1. The van der Waals surface area contributed by atoms with Crippen molar-refractivity contribution < 1.29 is 9.84 Å². The van der Waals surface area contributed by atoms with E-state index in [1.54, 1.807) is 19.2 Å². The molecular formula is C13H21NO2. The fourth-order valence-electron chi connectivity index (χ4n) is 1.67. The summed E-state index contributed by atoms with van der Waals surface area (Å²) in [6, 6.07) is 5.05. The lowest BCUT2D eigenvalue weighted by Gasteiger charge is -2.16. The molecule has 0 spiro atoms. The largest absolute Gasteiger partial charge is 0.508 e. The lowest BCUT2D eigenvalue weighted by Crippen LogP contribution is -2.12. The quantitative estimate of drug-likeness (QED) is 0.807. The van der Waals surface area contributed by atoms with Crippen molar-refractivity contribution in [2.75, 3.05) is 7.11 Å². The average Bonchev–Trinajstić information content (AvgIpc) is 2.25. The number of rotatable bonds is 5. The summed E-state index contributed by atoms with van der Waals surface area (Å²) in [4.78, 5) is 0. The molecule has 0 saturated carbocycles. The van der Waals surface area contributed by atoms with E-state index >= 15 is 0 Å². The van der Waals surface area contributed by atoms with Crippen LogP contribution in [-0.2, 0) is 0 Å². The SMILES string of the molecule is COc1cc(O)ccc1[C@@H](N)CCC(C)C. The highest BCUT2D eigenvalue weighted by Crippen LogP contribution is 2.30. The standard InChI is InChI=1S/C13H21NO2/c1-9(2)4-7-12(14)11-6-5-10(15)8-13(11)16-3/h5-6,8-9,12,15H,4,7,14H2,1-3H3/t12-/m0/s1. The van der Waals surface area contributed by atoms with Gasteiger partial charge in [0.1, 0.15) is 11.5 Å². The van der Waals surface area contributed by atoms with Crippen LogP contribution in [0, 0.1) is 5.92 Å². The molecule has 0 aliphatic rings. The van der Waals surface area contributed by atoms with Crippen LogP contribution in [0.1, 0.15) is 38.3 Å². The van der Waals surface area contributed by atoms with E-state index < -0.39 is 0 Å². The second-order valence-electron chi connectivity index (χ2n) is 4.50. The number of methoxy groups -OCH3 is 1. The normalized spacial score (nSPS) is 12.8. The molecule has 3 N–H and O–H groups in total. The van der Waals surface area contributed by atoms with E-state index in [-0.39, 0.29) is 11.8 Å². The fourth-order valence-corrected chi connectivity index (χ4v) is 1.67. The van der Waals surface area contributed by atoms with Gasteiger partial charge in [-0.05, 0) is 24.8 Å². The predicted molar refractivity (Wildman–Crippen MR) is 65.7 cm³/mol. The first kappa shape index (κ1) is 12.8. The smallest absolute Gasteiger partial charge is 0.127 e. The summed E-state index contributed by atoms with van der Waals surface area (Å²) >= 11 is 0. The van der Waals surface area contributed by atoms with Gasteiger partial charge in [0, 0.05) is 17.7 Å². The Morgan fingerprint density at radius 2 is 2.00 bits per heavy atom. The van der Waals surface area contributed by atoms with Crippen LogP contribution in [0.3, 0.4) is 0 Å². The van der Waals surface area contributed by atoms with Gasteiger partial charge in [0.15, 0.2) is 0 Å². The van der Waals surface area contributed by atoms with Crippen LogP contribution in [0.2, 0.25) is 0 Å². The average molecular weight is 223 g/mol. The Labute approximate surface area is 97.2 Å². The molecule has 1 aromatic carbocycles. The van der Waals surface area contributed by atoms with Crippen LogP contribution in [0.5, 0.6) is 11.5 Å². The van der Waals surface area contributed by atoms with Gasteiger partial charge in [-0.3, -0.25) is 0 Å². The molecule has 0 heterocycles. The van der Waals surface area contributed by atoms with Crippen LogP contribution in [0.4, 0.5) is 0 Å². The van der Waals surface area contributed by atoms with Gasteiger partial charge in [0.2, 0.25) is 0 Å². The van der Waals surface area contributed by atoms with Crippen LogP contribution in [0.25, 0.3) is 0 Å². The molecule has 0 radical (unpaired) electrons. The topological polar surface area (TPSA) is 55.5 Å². The van der Waals surface area contributed by atoms with Crippen LogP contribution in [0.15, 0.2) is 18.2 Å². The third-order valence-corrected chi connectivity index (χ3v) is 2.67. The fraction of sp³-hybridized carbons (Fsp3) is 0.538. The van der Waals surface area contributed by atoms with E-state index in [9.17, 15) is 5.11 Å². The lowest BCUT2D eigenvalue weighted by atomic mass is 9.97. The molecule has 3 heteroatoms. The second kappa shape index (κ2) is 5.75. The zero-order valence-electron chi connectivity index (χ0n) is 10.2. The van der Waals surface area contributed by atoms with Crippen molar-refractivity contribution in [3.8, 4) is 11.5 Å². The highest BCUT2D eigenvalue weighted by atomic mass is 16.5. The van der Waals surface area contributed by atoms with Gasteiger partial charge in [0.05, 0.1) is 7.11 Å². The summed E-state index contributed by atoms with van der Waals surface area (Å²) in [6.07, 6.45) is 2.02. The Kier molecular flexibility index (Phi) is 4.62. The minimum atomic E-state index is -0.0297. The highest BCUT2D eigenvalue weighted by Gasteiger charge is 2.12. The Bertz CT molecular complexity index is 337. The molecule has 0 fully saturated rings. The van der Waals surface area contributed by atoms with Crippen molar-refractivity contribution in [2.24, 2.45) is 11.7 Å². The molecule has 0 amide bonds. The third-order valence-electron chi connectivity index (χ3n) is 2.67. The molecule has 3 nitrogen and oxygen atoms in total. The van der Waals surface area contributed by atoms with Crippen LogP contribution < -0.4 is 10.5 Å². The number of aromatic hydroxyl groups is 1. The number of benzene rings is 1. The Morgan fingerprint density at radius 3 is 2.56 bits per heavy atom. The van der Waals surface area contributed by atoms with Gasteiger partial charge in [-0.2, -0.15) is 0 Å². The molecule has 16 heavy (non-hydrogen) atoms. The number of hydrogen-bond acceptors (Lipinski definition) is 3. The summed E-state index contributed by atoms with van der Waals surface area (Å²) < 4.78 is 5.21. The number of phenols is 1. The lowest BCUT2D eigenvalue weighted by molar-refractivity contribution is 0.394. The van der Waals surface area contributed by atoms with Crippen molar-refractivity contribution in [2.45, 2.75) is 32.7 Å². The Morgan fingerprint density at radius 1 is 1.31 bits per heavy atom. The predicted octanol–water partition coefficient (Wildman–Crippen LogP) is 2.84. The zero-order valence-corrected chi connectivity index (χ0v) is 10.2. The van der Waals surface area contributed by atoms with Gasteiger partial charge < -0.3 is 15.6 Å². The van der Waals surface area contributed by atoms with E-state index in [1.165, 1.54) is 0 Å². The zero-order chi connectivity index (χ0) is 12.1. The van der Waals surface area contributed by atoms with Gasteiger partial charge in [0.25, 0.3) is 0 Å². The summed E-state index contributed by atoms with van der Waals surface area (Å²) in [5, 5.41) is 9.35. The summed E-state index contributed by atoms with van der Waals surface area (Å²) in [5.41, 5.74) is 7.07. The molecule has 0 aliphatic heterocycles. The first-order chi connectivity index (χ1) is 7.54. The molecule has 0 bridgehead atoms. The van der Waals surface area contributed by atoms with Crippen molar-refractivity contribution in [1.29, 1.82) is 0 Å². The Balaban J connectivity index is 2.77. The summed E-state index contributed by atoms with van der Waals surface area (Å²) in [6.45, 7) is 4.36. The van der Waals surface area contributed by atoms with E-state index in [4.69, 9.17) is 10.5 Å². The van der Waals surface area contributed by atoms with Crippen molar-refractivity contribution in [1.82, 2.24) is 0 Å². The molecule has 90 valence electrons. The van der Waals surface area contributed by atoms with Crippen molar-refractivity contribution >= 4 is 0 Å². The molecule has 1 rings (SSSR count).